The minimum absolute atomic E-state index is 0.106. The summed E-state index contributed by atoms with van der Waals surface area (Å²) in [5, 5.41) is 3.48. The first-order valence-corrected chi connectivity index (χ1v) is 5.15. The third-order valence-electron chi connectivity index (χ3n) is 2.41. The van der Waals surface area contributed by atoms with E-state index in [9.17, 15) is 0 Å². The van der Waals surface area contributed by atoms with E-state index < -0.39 is 0 Å². The second-order valence-electron chi connectivity index (χ2n) is 3.88. The molecule has 1 heteroatoms. The maximum absolute atomic E-state index is 3.48. The normalized spacial score (nSPS) is 17.4. The molecular formula is C14H15N. The standard InChI is InChI=1S/C14H15N/c1-14(11-7-2-3-8-12-14)15-13-9-5-4-6-10-13/h2-12,15H,1H3. The zero-order chi connectivity index (χ0) is 10.6. The molecule has 1 aliphatic carbocycles. The van der Waals surface area contributed by atoms with Gasteiger partial charge in [-0.1, -0.05) is 54.7 Å². The molecule has 0 radical (unpaired) electrons. The highest BCUT2D eigenvalue weighted by molar-refractivity contribution is 5.49. The predicted octanol–water partition coefficient (Wildman–Crippen LogP) is 3.54. The molecule has 1 N–H and O–H groups in total. The van der Waals surface area contributed by atoms with Crippen molar-refractivity contribution in [2.75, 3.05) is 5.32 Å². The number of rotatable bonds is 2. The predicted molar refractivity (Wildman–Crippen MR) is 65.9 cm³/mol. The molecular weight excluding hydrogens is 182 g/mol. The van der Waals surface area contributed by atoms with Crippen LogP contribution in [0.4, 0.5) is 5.69 Å². The molecule has 0 unspecified atom stereocenters. The van der Waals surface area contributed by atoms with Gasteiger partial charge in [0.2, 0.25) is 0 Å². The van der Waals surface area contributed by atoms with Gasteiger partial charge in [0, 0.05) is 5.69 Å². The molecule has 0 bridgehead atoms. The Labute approximate surface area is 90.8 Å². The van der Waals surface area contributed by atoms with Gasteiger partial charge in [0.05, 0.1) is 5.54 Å². The number of hydrogen-bond acceptors (Lipinski definition) is 1. The average Bonchev–Trinajstić information content (AvgIpc) is 2.45. The lowest BCUT2D eigenvalue weighted by Crippen LogP contribution is -2.29. The minimum atomic E-state index is -0.106. The average molecular weight is 197 g/mol. The van der Waals surface area contributed by atoms with Gasteiger partial charge in [-0.25, -0.2) is 0 Å². The molecule has 2 rings (SSSR count). The molecule has 0 saturated heterocycles. The topological polar surface area (TPSA) is 12.0 Å². The van der Waals surface area contributed by atoms with Gasteiger partial charge >= 0.3 is 0 Å². The monoisotopic (exact) mass is 197 g/mol. The molecule has 0 atom stereocenters. The molecule has 1 aliphatic rings. The molecule has 0 saturated carbocycles. The van der Waals surface area contributed by atoms with Crippen LogP contribution in [0.1, 0.15) is 6.92 Å². The number of nitrogens with one attached hydrogen (secondary N) is 1. The number of allylic oxidation sites excluding steroid dienone is 4. The lowest BCUT2D eigenvalue weighted by atomic mass is 10.0. The Morgan fingerprint density at radius 1 is 0.867 bits per heavy atom. The van der Waals surface area contributed by atoms with Gasteiger partial charge in [-0.05, 0) is 19.1 Å². The molecule has 1 nitrogen and oxygen atoms in total. The van der Waals surface area contributed by atoms with Crippen LogP contribution in [0, 0.1) is 0 Å². The number of hydrogen-bond donors (Lipinski definition) is 1. The van der Waals surface area contributed by atoms with Gasteiger partial charge in [-0.15, -0.1) is 0 Å². The van der Waals surface area contributed by atoms with Crippen LogP contribution in [0.3, 0.4) is 0 Å². The van der Waals surface area contributed by atoms with Crippen molar-refractivity contribution in [3.05, 3.63) is 66.8 Å². The van der Waals surface area contributed by atoms with Gasteiger partial charge in [0.1, 0.15) is 0 Å². The zero-order valence-electron chi connectivity index (χ0n) is 8.85. The van der Waals surface area contributed by atoms with Crippen molar-refractivity contribution in [2.45, 2.75) is 12.5 Å². The van der Waals surface area contributed by atoms with E-state index in [1.807, 2.05) is 30.4 Å². The van der Waals surface area contributed by atoms with Gasteiger partial charge in [0.15, 0.2) is 0 Å². The Hall–Kier alpha value is -1.76. The zero-order valence-corrected chi connectivity index (χ0v) is 8.85. The highest BCUT2D eigenvalue weighted by Gasteiger charge is 2.16. The van der Waals surface area contributed by atoms with E-state index in [1.54, 1.807) is 0 Å². The summed E-state index contributed by atoms with van der Waals surface area (Å²) < 4.78 is 0. The number of benzene rings is 1. The lowest BCUT2D eigenvalue weighted by molar-refractivity contribution is 0.800. The van der Waals surface area contributed by atoms with Crippen molar-refractivity contribution in [3.63, 3.8) is 0 Å². The Bertz CT molecular complexity index is 383. The summed E-state index contributed by atoms with van der Waals surface area (Å²) in [4.78, 5) is 0. The van der Waals surface area contributed by atoms with Crippen LogP contribution in [-0.4, -0.2) is 5.54 Å². The second kappa shape index (κ2) is 4.18. The van der Waals surface area contributed by atoms with Crippen molar-refractivity contribution in [3.8, 4) is 0 Å². The Kier molecular flexibility index (Phi) is 2.72. The largest absolute Gasteiger partial charge is 0.373 e. The van der Waals surface area contributed by atoms with E-state index in [1.165, 1.54) is 0 Å². The number of para-hydroxylation sites is 1. The summed E-state index contributed by atoms with van der Waals surface area (Å²) in [5.74, 6) is 0. The Morgan fingerprint density at radius 3 is 2.07 bits per heavy atom. The molecule has 0 aliphatic heterocycles. The van der Waals surface area contributed by atoms with Crippen molar-refractivity contribution >= 4 is 5.69 Å². The first-order chi connectivity index (χ1) is 7.29. The van der Waals surface area contributed by atoms with Crippen LogP contribution in [0.2, 0.25) is 0 Å². The second-order valence-corrected chi connectivity index (χ2v) is 3.88. The van der Waals surface area contributed by atoms with Gasteiger partial charge in [-0.3, -0.25) is 0 Å². The molecule has 76 valence electrons. The first kappa shape index (κ1) is 9.78. The van der Waals surface area contributed by atoms with Crippen molar-refractivity contribution < 1.29 is 0 Å². The summed E-state index contributed by atoms with van der Waals surface area (Å²) in [6.45, 7) is 2.15. The van der Waals surface area contributed by atoms with E-state index in [0.717, 1.165) is 5.69 Å². The molecule has 1 aromatic rings. The van der Waals surface area contributed by atoms with Crippen molar-refractivity contribution in [2.24, 2.45) is 0 Å². The maximum Gasteiger partial charge on any atom is 0.0717 e. The van der Waals surface area contributed by atoms with Crippen LogP contribution < -0.4 is 5.32 Å². The van der Waals surface area contributed by atoms with Crippen molar-refractivity contribution in [1.29, 1.82) is 0 Å². The summed E-state index contributed by atoms with van der Waals surface area (Å²) in [5.41, 5.74) is 1.03. The van der Waals surface area contributed by atoms with E-state index in [-0.39, 0.29) is 5.54 Å². The molecule has 1 aromatic carbocycles. The summed E-state index contributed by atoms with van der Waals surface area (Å²) in [6, 6.07) is 10.2. The van der Waals surface area contributed by atoms with Crippen LogP contribution in [-0.2, 0) is 0 Å². The van der Waals surface area contributed by atoms with E-state index in [0.29, 0.717) is 0 Å². The van der Waals surface area contributed by atoms with Gasteiger partial charge in [-0.2, -0.15) is 0 Å². The van der Waals surface area contributed by atoms with E-state index in [2.05, 4.69) is 48.7 Å². The van der Waals surface area contributed by atoms with E-state index >= 15 is 0 Å². The summed E-state index contributed by atoms with van der Waals surface area (Å²) in [7, 11) is 0. The number of anilines is 1. The first-order valence-electron chi connectivity index (χ1n) is 5.15. The molecule has 0 spiro atoms. The minimum Gasteiger partial charge on any atom is -0.373 e. The van der Waals surface area contributed by atoms with Crippen LogP contribution in [0.5, 0.6) is 0 Å². The smallest absolute Gasteiger partial charge is 0.0717 e. The lowest BCUT2D eigenvalue weighted by Gasteiger charge is -2.24. The van der Waals surface area contributed by atoms with E-state index in [4.69, 9.17) is 0 Å². The molecule has 15 heavy (non-hydrogen) atoms. The quantitative estimate of drug-likeness (QED) is 0.764. The highest BCUT2D eigenvalue weighted by Crippen LogP contribution is 2.19. The van der Waals surface area contributed by atoms with Crippen molar-refractivity contribution in [1.82, 2.24) is 0 Å². The SMILES string of the molecule is CC1(Nc2ccccc2)C=CC=CC=C1. The molecule has 0 aromatic heterocycles. The third kappa shape index (κ3) is 2.59. The molecule has 0 fully saturated rings. The Balaban J connectivity index is 2.18. The molecule has 0 heterocycles. The fourth-order valence-corrected chi connectivity index (χ4v) is 1.61. The van der Waals surface area contributed by atoms with Crippen LogP contribution in [0.15, 0.2) is 66.8 Å². The van der Waals surface area contributed by atoms with Crippen LogP contribution in [0.25, 0.3) is 0 Å². The van der Waals surface area contributed by atoms with Gasteiger partial charge in [0.25, 0.3) is 0 Å². The summed E-state index contributed by atoms with van der Waals surface area (Å²) in [6.07, 6.45) is 12.5. The fourth-order valence-electron chi connectivity index (χ4n) is 1.61. The fraction of sp³-hybridized carbons (Fsp3) is 0.143. The summed E-state index contributed by atoms with van der Waals surface area (Å²) >= 11 is 0. The molecule has 0 amide bonds. The highest BCUT2D eigenvalue weighted by atomic mass is 15.0. The van der Waals surface area contributed by atoms with Crippen LogP contribution >= 0.6 is 0 Å². The Morgan fingerprint density at radius 2 is 1.47 bits per heavy atom. The third-order valence-corrected chi connectivity index (χ3v) is 2.41. The van der Waals surface area contributed by atoms with Gasteiger partial charge < -0.3 is 5.32 Å². The maximum atomic E-state index is 3.48.